The highest BCUT2D eigenvalue weighted by Gasteiger charge is 2.33. The van der Waals surface area contributed by atoms with Crippen LogP contribution in [-0.2, 0) is 0 Å². The van der Waals surface area contributed by atoms with Gasteiger partial charge in [0.05, 0.1) is 30.8 Å². The molecule has 0 fully saturated rings. The highest BCUT2D eigenvalue weighted by molar-refractivity contribution is 5.79. The summed E-state index contributed by atoms with van der Waals surface area (Å²) in [6.45, 7) is 0. The van der Waals surface area contributed by atoms with Crippen LogP contribution in [0.5, 0.6) is 5.75 Å². The Morgan fingerprint density at radius 2 is 1.50 bits per heavy atom. The number of hydrogen-bond donors (Lipinski definition) is 0. The van der Waals surface area contributed by atoms with Gasteiger partial charge in [0.25, 0.3) is 0 Å². The standard InChI is InChI=1S/C27H24N2O/c1-29-26(21-9-5-3-6-10-21)18-23(27(29)22-11-7-4-8-12-22)17-24(19-28)20-13-15-25(30-2)16-14-20/h3-18,26-27H,1-2H3/b24-17-. The van der Waals surface area contributed by atoms with E-state index in [1.807, 2.05) is 42.5 Å². The Morgan fingerprint density at radius 3 is 2.07 bits per heavy atom. The Hall–Kier alpha value is -3.61. The number of allylic oxidation sites excluding steroid dienone is 1. The lowest BCUT2D eigenvalue weighted by molar-refractivity contribution is 0.261. The SMILES string of the molecule is COc1ccc(/C(C#N)=C\C2=CC(c3ccccc3)N(C)C2c2ccccc2)cc1. The van der Waals surface area contributed by atoms with Crippen LogP contribution in [0, 0.1) is 11.3 Å². The van der Waals surface area contributed by atoms with E-state index in [9.17, 15) is 5.26 Å². The molecule has 0 saturated heterocycles. The molecule has 0 amide bonds. The van der Waals surface area contributed by atoms with Crippen LogP contribution in [-0.4, -0.2) is 19.1 Å². The second kappa shape index (κ2) is 8.82. The first-order chi connectivity index (χ1) is 14.7. The molecule has 3 aromatic rings. The molecule has 0 radical (unpaired) electrons. The Labute approximate surface area is 178 Å². The summed E-state index contributed by atoms with van der Waals surface area (Å²) in [6, 6.07) is 31.2. The zero-order valence-corrected chi connectivity index (χ0v) is 17.2. The van der Waals surface area contributed by atoms with E-state index < -0.39 is 0 Å². The van der Waals surface area contributed by atoms with Crippen molar-refractivity contribution in [2.75, 3.05) is 14.2 Å². The van der Waals surface area contributed by atoms with Crippen LogP contribution < -0.4 is 4.74 Å². The normalized spacial score (nSPS) is 19.2. The summed E-state index contributed by atoms with van der Waals surface area (Å²) in [6.07, 6.45) is 4.30. The number of nitrogens with zero attached hydrogens (tertiary/aromatic N) is 2. The largest absolute Gasteiger partial charge is 0.497 e. The molecule has 0 aromatic heterocycles. The Balaban J connectivity index is 1.78. The maximum Gasteiger partial charge on any atom is 0.118 e. The second-order valence-corrected chi connectivity index (χ2v) is 7.40. The fraction of sp³-hybridized carbons (Fsp3) is 0.148. The lowest BCUT2D eigenvalue weighted by Crippen LogP contribution is -2.23. The van der Waals surface area contributed by atoms with Gasteiger partial charge in [-0.05, 0) is 59.7 Å². The number of methoxy groups -OCH3 is 1. The van der Waals surface area contributed by atoms with Crippen LogP contribution in [0.25, 0.3) is 5.57 Å². The summed E-state index contributed by atoms with van der Waals surface area (Å²) in [5.41, 5.74) is 5.12. The van der Waals surface area contributed by atoms with Crippen molar-refractivity contribution in [1.82, 2.24) is 4.90 Å². The van der Waals surface area contributed by atoms with Gasteiger partial charge in [-0.3, -0.25) is 4.90 Å². The van der Waals surface area contributed by atoms with Crippen molar-refractivity contribution in [3.8, 4) is 11.8 Å². The van der Waals surface area contributed by atoms with Gasteiger partial charge in [0.2, 0.25) is 0 Å². The average molecular weight is 393 g/mol. The monoisotopic (exact) mass is 392 g/mol. The molecule has 0 saturated carbocycles. The van der Waals surface area contributed by atoms with Crippen LogP contribution in [0.1, 0.15) is 28.8 Å². The minimum absolute atomic E-state index is 0.0815. The summed E-state index contributed by atoms with van der Waals surface area (Å²) >= 11 is 0. The van der Waals surface area contributed by atoms with Gasteiger partial charge in [-0.15, -0.1) is 0 Å². The van der Waals surface area contributed by atoms with E-state index in [2.05, 4.69) is 72.6 Å². The molecular formula is C27H24N2O. The average Bonchev–Trinajstić information content (AvgIpc) is 3.14. The summed E-state index contributed by atoms with van der Waals surface area (Å²) < 4.78 is 5.25. The lowest BCUT2D eigenvalue weighted by atomic mass is 9.96. The molecule has 3 aromatic carbocycles. The van der Waals surface area contributed by atoms with Gasteiger partial charge in [0.15, 0.2) is 0 Å². The fourth-order valence-corrected chi connectivity index (χ4v) is 4.08. The van der Waals surface area contributed by atoms with E-state index in [1.54, 1.807) is 7.11 Å². The van der Waals surface area contributed by atoms with Gasteiger partial charge < -0.3 is 4.74 Å². The number of nitriles is 1. The minimum atomic E-state index is 0.0815. The van der Waals surface area contributed by atoms with Crippen LogP contribution in [0.3, 0.4) is 0 Å². The molecule has 1 aliphatic heterocycles. The van der Waals surface area contributed by atoms with Crippen molar-refractivity contribution in [2.24, 2.45) is 0 Å². The predicted molar refractivity (Wildman–Crippen MR) is 121 cm³/mol. The zero-order chi connectivity index (χ0) is 20.9. The highest BCUT2D eigenvalue weighted by atomic mass is 16.5. The third kappa shape index (κ3) is 3.91. The number of benzene rings is 3. The molecule has 2 atom stereocenters. The maximum atomic E-state index is 9.88. The summed E-state index contributed by atoms with van der Waals surface area (Å²) in [5.74, 6) is 0.780. The molecule has 4 rings (SSSR count). The number of rotatable bonds is 5. The van der Waals surface area contributed by atoms with E-state index in [0.717, 1.165) is 16.9 Å². The first-order valence-corrected chi connectivity index (χ1v) is 10.0. The molecule has 0 spiro atoms. The summed E-state index contributed by atoms with van der Waals surface area (Å²) in [5, 5.41) is 9.88. The molecule has 3 nitrogen and oxygen atoms in total. The quantitative estimate of drug-likeness (QED) is 0.503. The molecule has 0 aliphatic carbocycles. The fourth-order valence-electron chi connectivity index (χ4n) is 4.08. The van der Waals surface area contributed by atoms with E-state index in [-0.39, 0.29) is 12.1 Å². The first-order valence-electron chi connectivity index (χ1n) is 10.0. The van der Waals surface area contributed by atoms with Gasteiger partial charge in [0.1, 0.15) is 5.75 Å². The summed E-state index contributed by atoms with van der Waals surface area (Å²) in [7, 11) is 3.79. The molecule has 1 heterocycles. The van der Waals surface area contributed by atoms with Crippen molar-refractivity contribution in [3.05, 3.63) is 119 Å². The van der Waals surface area contributed by atoms with Crippen molar-refractivity contribution in [2.45, 2.75) is 12.1 Å². The van der Waals surface area contributed by atoms with Gasteiger partial charge >= 0.3 is 0 Å². The molecular weight excluding hydrogens is 368 g/mol. The Kier molecular flexibility index (Phi) is 5.79. The molecule has 1 aliphatic rings. The lowest BCUT2D eigenvalue weighted by Gasteiger charge is -2.28. The number of hydrogen-bond acceptors (Lipinski definition) is 3. The smallest absolute Gasteiger partial charge is 0.118 e. The van der Waals surface area contributed by atoms with E-state index >= 15 is 0 Å². The van der Waals surface area contributed by atoms with Crippen LogP contribution in [0.2, 0.25) is 0 Å². The van der Waals surface area contributed by atoms with Crippen LogP contribution in [0.15, 0.2) is 103 Å². The molecule has 0 N–H and O–H groups in total. The molecule has 0 bridgehead atoms. The first kappa shape index (κ1) is 19.7. The molecule has 148 valence electrons. The Bertz CT molecular complexity index is 1090. The highest BCUT2D eigenvalue weighted by Crippen LogP contribution is 2.43. The maximum absolute atomic E-state index is 9.88. The van der Waals surface area contributed by atoms with Crippen molar-refractivity contribution in [3.63, 3.8) is 0 Å². The minimum Gasteiger partial charge on any atom is -0.497 e. The van der Waals surface area contributed by atoms with E-state index in [1.165, 1.54) is 11.1 Å². The molecule has 3 heteroatoms. The van der Waals surface area contributed by atoms with Gasteiger partial charge in [-0.1, -0.05) is 66.7 Å². The summed E-state index contributed by atoms with van der Waals surface area (Å²) in [4.78, 5) is 2.36. The third-order valence-corrected chi connectivity index (χ3v) is 5.60. The number of ether oxygens (including phenoxy) is 1. The van der Waals surface area contributed by atoms with E-state index in [0.29, 0.717) is 5.57 Å². The van der Waals surface area contributed by atoms with Crippen molar-refractivity contribution < 1.29 is 4.74 Å². The van der Waals surface area contributed by atoms with E-state index in [4.69, 9.17) is 4.74 Å². The van der Waals surface area contributed by atoms with Crippen LogP contribution in [0.4, 0.5) is 0 Å². The van der Waals surface area contributed by atoms with Gasteiger partial charge in [-0.25, -0.2) is 0 Å². The van der Waals surface area contributed by atoms with Crippen molar-refractivity contribution in [1.29, 1.82) is 5.26 Å². The topological polar surface area (TPSA) is 36.3 Å². The van der Waals surface area contributed by atoms with Crippen molar-refractivity contribution >= 4 is 5.57 Å². The molecule has 30 heavy (non-hydrogen) atoms. The van der Waals surface area contributed by atoms with Crippen LogP contribution >= 0.6 is 0 Å². The van der Waals surface area contributed by atoms with Gasteiger partial charge in [0, 0.05) is 0 Å². The Morgan fingerprint density at radius 1 is 0.900 bits per heavy atom. The number of likely N-dealkylation sites (N-methyl/N-ethyl adjacent to an activating group) is 1. The zero-order valence-electron chi connectivity index (χ0n) is 17.2. The second-order valence-electron chi connectivity index (χ2n) is 7.40. The third-order valence-electron chi connectivity index (χ3n) is 5.60. The van der Waals surface area contributed by atoms with Gasteiger partial charge in [-0.2, -0.15) is 5.26 Å². The predicted octanol–water partition coefficient (Wildman–Crippen LogP) is 5.96. The molecule has 2 unspecified atom stereocenters.